The largest absolute Gasteiger partial charge is 0.340 e. The van der Waals surface area contributed by atoms with Gasteiger partial charge in [-0.15, -0.1) is 11.8 Å². The number of benzene rings is 1. The summed E-state index contributed by atoms with van der Waals surface area (Å²) in [5, 5.41) is 3.21. The molecule has 1 N–H and O–H groups in total. The first-order chi connectivity index (χ1) is 8.81. The number of thioether (sulfide) groups is 1. The average Bonchev–Trinajstić information content (AvgIpc) is 2.36. The van der Waals surface area contributed by atoms with Gasteiger partial charge in [0.2, 0.25) is 5.91 Å². The van der Waals surface area contributed by atoms with Crippen molar-refractivity contribution in [1.82, 2.24) is 10.2 Å². The molecule has 0 saturated carbocycles. The third kappa shape index (κ3) is 6.12. The minimum absolute atomic E-state index is 0.0313. The van der Waals surface area contributed by atoms with Crippen LogP contribution in [0.1, 0.15) is 26.3 Å². The van der Waals surface area contributed by atoms with Gasteiger partial charge in [0.15, 0.2) is 0 Å². The van der Waals surface area contributed by atoms with Gasteiger partial charge in [-0.25, -0.2) is 0 Å². The monoisotopic (exact) mass is 280 g/mol. The van der Waals surface area contributed by atoms with Crippen LogP contribution >= 0.6 is 11.8 Å². The number of carbonyl (C=O) groups excluding carboxylic acids is 1. The van der Waals surface area contributed by atoms with E-state index in [2.05, 4.69) is 56.6 Å². The molecular weight excluding hydrogens is 256 g/mol. The molecule has 0 unspecified atom stereocenters. The lowest BCUT2D eigenvalue weighted by atomic mass is 10.1. The normalized spacial score (nSPS) is 11.4. The van der Waals surface area contributed by atoms with Gasteiger partial charge in [-0.2, -0.15) is 0 Å². The van der Waals surface area contributed by atoms with Crippen molar-refractivity contribution >= 4 is 17.7 Å². The molecule has 1 aromatic rings. The predicted molar refractivity (Wildman–Crippen MR) is 82.5 cm³/mol. The molecule has 3 nitrogen and oxygen atoms in total. The van der Waals surface area contributed by atoms with E-state index in [1.807, 2.05) is 7.05 Å². The Morgan fingerprint density at radius 1 is 1.26 bits per heavy atom. The van der Waals surface area contributed by atoms with Crippen LogP contribution in [0.5, 0.6) is 0 Å². The molecule has 106 valence electrons. The fraction of sp³-hybridized carbons (Fsp3) is 0.533. The molecule has 0 aliphatic carbocycles. The first-order valence-electron chi connectivity index (χ1n) is 6.44. The van der Waals surface area contributed by atoms with Crippen molar-refractivity contribution in [2.45, 2.75) is 37.8 Å². The second-order valence-electron chi connectivity index (χ2n) is 5.70. The lowest BCUT2D eigenvalue weighted by molar-refractivity contribution is -0.129. The zero-order chi connectivity index (χ0) is 14.5. The molecule has 0 spiro atoms. The van der Waals surface area contributed by atoms with Crippen molar-refractivity contribution in [3.05, 3.63) is 29.8 Å². The summed E-state index contributed by atoms with van der Waals surface area (Å²) in [7, 11) is 1.84. The zero-order valence-corrected chi connectivity index (χ0v) is 13.3. The highest BCUT2D eigenvalue weighted by Gasteiger charge is 2.14. The molecule has 0 heterocycles. The minimum Gasteiger partial charge on any atom is -0.340 e. The van der Waals surface area contributed by atoms with Crippen molar-refractivity contribution in [2.24, 2.45) is 0 Å². The van der Waals surface area contributed by atoms with Crippen LogP contribution in [0.3, 0.4) is 0 Å². The summed E-state index contributed by atoms with van der Waals surface area (Å²) >= 11 is 1.72. The fourth-order valence-electron chi connectivity index (χ4n) is 1.57. The number of carbonyl (C=O) groups is 1. The molecule has 1 aromatic carbocycles. The Balaban J connectivity index is 2.49. The maximum Gasteiger partial charge on any atom is 0.236 e. The van der Waals surface area contributed by atoms with E-state index in [1.165, 1.54) is 4.90 Å². The molecule has 0 fully saturated rings. The van der Waals surface area contributed by atoms with Crippen LogP contribution in [-0.4, -0.2) is 36.2 Å². The molecule has 0 radical (unpaired) electrons. The number of hydrogen-bond acceptors (Lipinski definition) is 3. The van der Waals surface area contributed by atoms with Crippen LogP contribution in [0.4, 0.5) is 0 Å². The Bertz CT molecular complexity index is 409. The smallest absolute Gasteiger partial charge is 0.236 e. The number of nitrogens with one attached hydrogen (secondary N) is 1. The molecule has 1 rings (SSSR count). The maximum atomic E-state index is 12.0. The van der Waals surface area contributed by atoms with Crippen LogP contribution in [0.25, 0.3) is 0 Å². The average molecular weight is 280 g/mol. The minimum atomic E-state index is -0.0313. The molecule has 0 aromatic heterocycles. The van der Waals surface area contributed by atoms with Crippen LogP contribution in [0, 0.1) is 0 Å². The summed E-state index contributed by atoms with van der Waals surface area (Å²) in [6.45, 7) is 7.20. The molecule has 0 atom stereocenters. The highest BCUT2D eigenvalue weighted by molar-refractivity contribution is 7.98. The van der Waals surface area contributed by atoms with Gasteiger partial charge in [-0.3, -0.25) is 4.79 Å². The predicted octanol–water partition coefficient (Wildman–Crippen LogP) is 2.76. The van der Waals surface area contributed by atoms with Gasteiger partial charge in [0.05, 0.1) is 6.54 Å². The van der Waals surface area contributed by atoms with E-state index in [0.29, 0.717) is 13.1 Å². The van der Waals surface area contributed by atoms with Crippen molar-refractivity contribution in [2.75, 3.05) is 19.8 Å². The van der Waals surface area contributed by atoms with Crippen molar-refractivity contribution in [3.8, 4) is 0 Å². The van der Waals surface area contributed by atoms with Gasteiger partial charge in [0.25, 0.3) is 0 Å². The Labute approximate surface area is 120 Å². The Kier molecular flexibility index (Phi) is 5.88. The topological polar surface area (TPSA) is 32.3 Å². The number of hydrogen-bond donors (Lipinski definition) is 1. The van der Waals surface area contributed by atoms with Gasteiger partial charge in [-0.1, -0.05) is 12.1 Å². The number of likely N-dealkylation sites (N-methyl/N-ethyl adjacent to an activating group) is 1. The fourth-order valence-corrected chi connectivity index (χ4v) is 1.98. The van der Waals surface area contributed by atoms with E-state index in [-0.39, 0.29) is 11.4 Å². The second-order valence-corrected chi connectivity index (χ2v) is 6.58. The summed E-state index contributed by atoms with van der Waals surface area (Å²) in [4.78, 5) is 15.0. The van der Waals surface area contributed by atoms with Gasteiger partial charge in [0, 0.05) is 24.0 Å². The molecule has 0 bridgehead atoms. The molecule has 0 aliphatic heterocycles. The third-order valence-corrected chi connectivity index (χ3v) is 3.52. The quantitative estimate of drug-likeness (QED) is 0.842. The zero-order valence-electron chi connectivity index (χ0n) is 12.5. The second kappa shape index (κ2) is 6.96. The Hall–Kier alpha value is -1.00. The van der Waals surface area contributed by atoms with Crippen molar-refractivity contribution < 1.29 is 4.79 Å². The van der Waals surface area contributed by atoms with Crippen LogP contribution in [0.2, 0.25) is 0 Å². The number of rotatable bonds is 5. The summed E-state index contributed by atoms with van der Waals surface area (Å²) in [6.07, 6.45) is 2.06. The molecule has 19 heavy (non-hydrogen) atoms. The SMILES string of the molecule is CSc1ccc(CN(C)C(=O)CNC(C)(C)C)cc1. The van der Waals surface area contributed by atoms with Gasteiger partial charge in [-0.05, 0) is 44.7 Å². The molecule has 1 amide bonds. The van der Waals surface area contributed by atoms with E-state index >= 15 is 0 Å². The third-order valence-electron chi connectivity index (χ3n) is 2.77. The highest BCUT2D eigenvalue weighted by Crippen LogP contribution is 2.15. The van der Waals surface area contributed by atoms with Gasteiger partial charge in [0.1, 0.15) is 0 Å². The number of amides is 1. The maximum absolute atomic E-state index is 12.0. The van der Waals surface area contributed by atoms with E-state index in [4.69, 9.17) is 0 Å². The van der Waals surface area contributed by atoms with E-state index in [9.17, 15) is 4.79 Å². The van der Waals surface area contributed by atoms with Crippen molar-refractivity contribution in [1.29, 1.82) is 0 Å². The Morgan fingerprint density at radius 3 is 2.32 bits per heavy atom. The first kappa shape index (κ1) is 16.1. The molecule has 0 aliphatic rings. The Morgan fingerprint density at radius 2 is 1.84 bits per heavy atom. The van der Waals surface area contributed by atoms with E-state index < -0.39 is 0 Å². The first-order valence-corrected chi connectivity index (χ1v) is 7.66. The summed E-state index contributed by atoms with van der Waals surface area (Å²) in [5.74, 6) is 0.115. The van der Waals surface area contributed by atoms with Gasteiger partial charge >= 0.3 is 0 Å². The van der Waals surface area contributed by atoms with Gasteiger partial charge < -0.3 is 10.2 Å². The molecule has 0 saturated heterocycles. The molecular formula is C15H24N2OS. The van der Waals surface area contributed by atoms with Crippen LogP contribution in [0.15, 0.2) is 29.2 Å². The number of nitrogens with zero attached hydrogens (tertiary/aromatic N) is 1. The van der Waals surface area contributed by atoms with Crippen molar-refractivity contribution in [3.63, 3.8) is 0 Å². The van der Waals surface area contributed by atoms with Crippen LogP contribution < -0.4 is 5.32 Å². The summed E-state index contributed by atoms with van der Waals surface area (Å²) in [5.41, 5.74) is 1.13. The standard InChI is InChI=1S/C15H24N2OS/c1-15(2,3)16-10-14(18)17(4)11-12-6-8-13(19-5)9-7-12/h6-9,16H,10-11H2,1-5H3. The highest BCUT2D eigenvalue weighted by atomic mass is 32.2. The summed E-state index contributed by atoms with van der Waals surface area (Å²) < 4.78 is 0. The van der Waals surface area contributed by atoms with E-state index in [1.54, 1.807) is 16.7 Å². The summed E-state index contributed by atoms with van der Waals surface area (Å²) in [6, 6.07) is 8.33. The van der Waals surface area contributed by atoms with Crippen LogP contribution in [-0.2, 0) is 11.3 Å². The van der Waals surface area contributed by atoms with E-state index in [0.717, 1.165) is 5.56 Å². The lowest BCUT2D eigenvalue weighted by Crippen LogP contribution is -2.43. The molecule has 4 heteroatoms. The lowest BCUT2D eigenvalue weighted by Gasteiger charge is -2.23.